The third-order valence-electron chi connectivity index (χ3n) is 8.23. The van der Waals surface area contributed by atoms with E-state index < -0.39 is 28.2 Å². The first kappa shape index (κ1) is 46.9. The van der Waals surface area contributed by atoms with E-state index in [0.29, 0.717) is 65.1 Å². The standard InChI is InChI=1S/C37H68O12/c1-28(2)42-24-26-45-32(40)34(5,6)37(11,12)49-23-14-13-20-44-31(39)19-17-18-30(38)35(7,8)47-21-15-16-22-48-36(9,10)33(41)46-27-25-43-29(3)4/h28-29H,13-27H2,1-12H3. The summed E-state index contributed by atoms with van der Waals surface area (Å²) in [5, 5.41) is 0. The molecule has 0 aliphatic heterocycles. The maximum atomic E-state index is 12.7. The number of rotatable bonds is 29. The summed E-state index contributed by atoms with van der Waals surface area (Å²) in [6, 6.07) is 0. The Bertz CT molecular complexity index is 968. The van der Waals surface area contributed by atoms with E-state index in [1.807, 2.05) is 41.5 Å². The summed E-state index contributed by atoms with van der Waals surface area (Å²) in [6.45, 7) is 24.2. The van der Waals surface area contributed by atoms with Crippen LogP contribution in [-0.4, -0.2) is 106 Å². The van der Waals surface area contributed by atoms with Crippen LogP contribution in [0, 0.1) is 5.41 Å². The van der Waals surface area contributed by atoms with Crippen LogP contribution >= 0.6 is 0 Å². The van der Waals surface area contributed by atoms with Crippen molar-refractivity contribution in [3.05, 3.63) is 0 Å². The van der Waals surface area contributed by atoms with Gasteiger partial charge in [0.05, 0.1) is 43.0 Å². The Morgan fingerprint density at radius 3 is 1.43 bits per heavy atom. The second kappa shape index (κ2) is 23.4. The molecule has 0 N–H and O–H groups in total. The third kappa shape index (κ3) is 20.4. The molecule has 0 saturated heterocycles. The predicted molar refractivity (Wildman–Crippen MR) is 186 cm³/mol. The van der Waals surface area contributed by atoms with E-state index in [1.165, 1.54) is 0 Å². The van der Waals surface area contributed by atoms with Gasteiger partial charge in [-0.25, -0.2) is 4.79 Å². The van der Waals surface area contributed by atoms with Gasteiger partial charge in [-0.05, 0) is 115 Å². The van der Waals surface area contributed by atoms with Crippen molar-refractivity contribution in [2.75, 3.05) is 52.9 Å². The Morgan fingerprint density at radius 1 is 0.469 bits per heavy atom. The normalized spacial score (nSPS) is 12.8. The van der Waals surface area contributed by atoms with Gasteiger partial charge < -0.3 is 37.9 Å². The number of ether oxygens (including phenoxy) is 8. The van der Waals surface area contributed by atoms with Crippen LogP contribution in [0.1, 0.15) is 128 Å². The van der Waals surface area contributed by atoms with Gasteiger partial charge in [-0.2, -0.15) is 0 Å². The van der Waals surface area contributed by atoms with Crippen molar-refractivity contribution >= 4 is 23.7 Å². The number of hydrogen-bond donors (Lipinski definition) is 0. The van der Waals surface area contributed by atoms with E-state index in [4.69, 9.17) is 37.9 Å². The highest BCUT2D eigenvalue weighted by Crippen LogP contribution is 2.35. The molecule has 12 nitrogen and oxygen atoms in total. The molecule has 49 heavy (non-hydrogen) atoms. The lowest BCUT2D eigenvalue weighted by Crippen LogP contribution is -2.48. The summed E-state index contributed by atoms with van der Waals surface area (Å²) in [7, 11) is 0. The van der Waals surface area contributed by atoms with E-state index in [0.717, 1.165) is 0 Å². The largest absolute Gasteiger partial charge is 0.466 e. The molecule has 0 spiro atoms. The molecule has 0 radical (unpaired) electrons. The highest BCUT2D eigenvalue weighted by atomic mass is 16.6. The molecule has 0 bridgehead atoms. The summed E-state index contributed by atoms with van der Waals surface area (Å²) in [6.07, 6.45) is 3.43. The summed E-state index contributed by atoms with van der Waals surface area (Å²) >= 11 is 0. The quantitative estimate of drug-likeness (QED) is 0.0499. The lowest BCUT2D eigenvalue weighted by atomic mass is 9.77. The molecule has 0 amide bonds. The Labute approximate surface area is 295 Å². The van der Waals surface area contributed by atoms with Crippen molar-refractivity contribution in [3.63, 3.8) is 0 Å². The molecule has 0 saturated carbocycles. The number of esters is 3. The molecule has 0 unspecified atom stereocenters. The molecule has 0 rings (SSSR count). The Kier molecular flexibility index (Phi) is 22.4. The van der Waals surface area contributed by atoms with E-state index in [9.17, 15) is 19.2 Å². The molecule has 0 atom stereocenters. The number of unbranched alkanes of at least 4 members (excludes halogenated alkanes) is 2. The van der Waals surface area contributed by atoms with Gasteiger partial charge in [0.25, 0.3) is 0 Å². The van der Waals surface area contributed by atoms with Crippen LogP contribution in [0.3, 0.4) is 0 Å². The smallest absolute Gasteiger partial charge is 0.337 e. The Balaban J connectivity index is 4.15. The summed E-state index contributed by atoms with van der Waals surface area (Å²) in [5.74, 6) is -1.23. The van der Waals surface area contributed by atoms with Gasteiger partial charge >= 0.3 is 17.9 Å². The first-order valence-electron chi connectivity index (χ1n) is 17.8. The molecule has 0 aromatic heterocycles. The minimum Gasteiger partial charge on any atom is -0.466 e. The first-order chi connectivity index (χ1) is 22.7. The number of carbonyl (C=O) groups is 4. The summed E-state index contributed by atoms with van der Waals surface area (Å²) < 4.78 is 44.3. The second-order valence-corrected chi connectivity index (χ2v) is 14.7. The molecule has 0 aliphatic carbocycles. The Morgan fingerprint density at radius 2 is 0.918 bits per heavy atom. The van der Waals surface area contributed by atoms with Crippen LogP contribution in [0.4, 0.5) is 0 Å². The third-order valence-corrected chi connectivity index (χ3v) is 8.23. The molecule has 288 valence electrons. The molecule has 0 heterocycles. The highest BCUT2D eigenvalue weighted by molar-refractivity contribution is 5.86. The SMILES string of the molecule is CC(C)OCCOC(=O)C(C)(C)OCCCCOC(C)(C)C(=O)CCCC(=O)OCCCCOC(C)(C)C(C)(C)C(=O)OCCOC(C)C. The van der Waals surface area contributed by atoms with Crippen LogP contribution in [0.2, 0.25) is 0 Å². The second-order valence-electron chi connectivity index (χ2n) is 14.7. The molecule has 0 aliphatic rings. The first-order valence-corrected chi connectivity index (χ1v) is 17.8. The monoisotopic (exact) mass is 704 g/mol. The highest BCUT2D eigenvalue weighted by Gasteiger charge is 2.45. The molecule has 0 fully saturated rings. The molecule has 0 aromatic rings. The average Bonchev–Trinajstić information content (AvgIpc) is 3.00. The van der Waals surface area contributed by atoms with E-state index in [1.54, 1.807) is 41.5 Å². The van der Waals surface area contributed by atoms with Crippen molar-refractivity contribution in [1.82, 2.24) is 0 Å². The maximum absolute atomic E-state index is 12.7. The molecule has 12 heteroatoms. The zero-order valence-corrected chi connectivity index (χ0v) is 32.7. The van der Waals surface area contributed by atoms with E-state index in [-0.39, 0.29) is 62.6 Å². The molecular formula is C37H68O12. The molecular weight excluding hydrogens is 636 g/mol. The fourth-order valence-corrected chi connectivity index (χ4v) is 4.10. The van der Waals surface area contributed by atoms with Crippen molar-refractivity contribution < 1.29 is 57.1 Å². The van der Waals surface area contributed by atoms with Gasteiger partial charge in [0.2, 0.25) is 0 Å². The van der Waals surface area contributed by atoms with Gasteiger partial charge in [-0.15, -0.1) is 0 Å². The lowest BCUT2D eigenvalue weighted by Gasteiger charge is -2.39. The minimum atomic E-state index is -1.07. The minimum absolute atomic E-state index is 0.0729. The van der Waals surface area contributed by atoms with Gasteiger partial charge in [-0.3, -0.25) is 14.4 Å². The van der Waals surface area contributed by atoms with Crippen LogP contribution in [0.15, 0.2) is 0 Å². The van der Waals surface area contributed by atoms with E-state index in [2.05, 4.69) is 0 Å². The number of ketones is 1. The van der Waals surface area contributed by atoms with Gasteiger partial charge in [0.1, 0.15) is 18.8 Å². The van der Waals surface area contributed by atoms with Gasteiger partial charge in [0, 0.05) is 32.7 Å². The maximum Gasteiger partial charge on any atom is 0.337 e. The topological polar surface area (TPSA) is 142 Å². The Hall–Kier alpha value is -2.12. The fourth-order valence-electron chi connectivity index (χ4n) is 4.10. The predicted octanol–water partition coefficient (Wildman–Crippen LogP) is 6.18. The zero-order chi connectivity index (χ0) is 37.7. The number of carbonyl (C=O) groups excluding carboxylic acids is 4. The lowest BCUT2D eigenvalue weighted by molar-refractivity contribution is -0.176. The summed E-state index contributed by atoms with van der Waals surface area (Å²) in [4.78, 5) is 49.8. The summed E-state index contributed by atoms with van der Waals surface area (Å²) in [5.41, 5.74) is -3.69. The van der Waals surface area contributed by atoms with Gasteiger partial charge in [-0.1, -0.05) is 0 Å². The van der Waals surface area contributed by atoms with Crippen molar-refractivity contribution in [2.45, 2.75) is 157 Å². The average molecular weight is 705 g/mol. The van der Waals surface area contributed by atoms with Crippen molar-refractivity contribution in [3.8, 4) is 0 Å². The van der Waals surface area contributed by atoms with Crippen molar-refractivity contribution in [2.24, 2.45) is 5.41 Å². The number of Topliss-reactive ketones (excluding diaryl/α,β-unsaturated/α-hetero) is 1. The molecule has 0 aromatic carbocycles. The van der Waals surface area contributed by atoms with Crippen LogP contribution in [0.25, 0.3) is 0 Å². The van der Waals surface area contributed by atoms with Crippen molar-refractivity contribution in [1.29, 1.82) is 0 Å². The van der Waals surface area contributed by atoms with Crippen LogP contribution < -0.4 is 0 Å². The van der Waals surface area contributed by atoms with Crippen LogP contribution in [-0.2, 0) is 57.1 Å². The fraction of sp³-hybridized carbons (Fsp3) is 0.892. The number of hydrogen-bond acceptors (Lipinski definition) is 12. The zero-order valence-electron chi connectivity index (χ0n) is 32.7. The van der Waals surface area contributed by atoms with E-state index >= 15 is 0 Å². The van der Waals surface area contributed by atoms with Crippen LogP contribution in [0.5, 0.6) is 0 Å². The van der Waals surface area contributed by atoms with Gasteiger partial charge in [0.15, 0.2) is 11.4 Å².